The number of aliphatic imine (C=N–C) groups is 1. The lowest BCUT2D eigenvalue weighted by Gasteiger charge is -2.51. The normalized spacial score (nSPS) is 33.8. The van der Waals surface area contributed by atoms with Crippen molar-refractivity contribution in [2.45, 2.75) is 58.7 Å². The summed E-state index contributed by atoms with van der Waals surface area (Å²) in [5.74, 6) is 2.63. The summed E-state index contributed by atoms with van der Waals surface area (Å²) in [6, 6.07) is 10.9. The Labute approximate surface area is 169 Å². The zero-order valence-electron chi connectivity index (χ0n) is 17.8. The second-order valence-electron chi connectivity index (χ2n) is 9.96. The first-order chi connectivity index (χ1) is 13.4. The molecule has 0 unspecified atom stereocenters. The van der Waals surface area contributed by atoms with Gasteiger partial charge < -0.3 is 5.32 Å². The maximum atomic E-state index is 13.5. The van der Waals surface area contributed by atoms with Crippen LogP contribution in [-0.2, 0) is 11.3 Å². The molecule has 2 fully saturated rings. The van der Waals surface area contributed by atoms with Crippen LogP contribution in [0.5, 0.6) is 0 Å². The van der Waals surface area contributed by atoms with Crippen molar-refractivity contribution in [1.29, 1.82) is 0 Å². The van der Waals surface area contributed by atoms with Gasteiger partial charge in [-0.2, -0.15) is 0 Å². The van der Waals surface area contributed by atoms with Crippen molar-refractivity contribution in [1.82, 2.24) is 10.2 Å². The lowest BCUT2D eigenvalue weighted by atomic mass is 9.59. The molecule has 3 aliphatic heterocycles. The quantitative estimate of drug-likeness (QED) is 0.781. The summed E-state index contributed by atoms with van der Waals surface area (Å²) in [6.45, 7) is 11.5. The van der Waals surface area contributed by atoms with Crippen LogP contribution in [0.15, 0.2) is 35.3 Å². The van der Waals surface area contributed by atoms with Crippen molar-refractivity contribution in [3.8, 4) is 0 Å². The Morgan fingerprint density at radius 2 is 1.96 bits per heavy atom. The number of likely N-dealkylation sites (tertiary alicyclic amines) is 1. The minimum Gasteiger partial charge on any atom is -0.354 e. The molecule has 4 nitrogen and oxygen atoms in total. The Morgan fingerprint density at radius 1 is 1.21 bits per heavy atom. The van der Waals surface area contributed by atoms with E-state index in [1.165, 1.54) is 12.0 Å². The summed E-state index contributed by atoms with van der Waals surface area (Å²) in [5, 5.41) is 3.25. The predicted molar refractivity (Wildman–Crippen MR) is 114 cm³/mol. The van der Waals surface area contributed by atoms with Crippen LogP contribution >= 0.6 is 0 Å². The molecule has 152 valence electrons. The molecule has 0 aromatic heterocycles. The Kier molecular flexibility index (Phi) is 5.34. The van der Waals surface area contributed by atoms with Gasteiger partial charge in [-0.05, 0) is 42.1 Å². The van der Waals surface area contributed by atoms with Gasteiger partial charge in [0.2, 0.25) is 5.91 Å². The van der Waals surface area contributed by atoms with Gasteiger partial charge in [-0.3, -0.25) is 14.7 Å². The van der Waals surface area contributed by atoms with Gasteiger partial charge in [-0.25, -0.2) is 0 Å². The van der Waals surface area contributed by atoms with Gasteiger partial charge in [0.25, 0.3) is 0 Å². The van der Waals surface area contributed by atoms with E-state index in [1.807, 2.05) is 0 Å². The third-order valence-electron chi connectivity index (χ3n) is 6.92. The molecule has 1 saturated carbocycles. The maximum absolute atomic E-state index is 13.5. The van der Waals surface area contributed by atoms with Crippen LogP contribution in [-0.4, -0.2) is 41.7 Å². The maximum Gasteiger partial charge on any atom is 0.249 e. The first-order valence-electron chi connectivity index (χ1n) is 11.0. The van der Waals surface area contributed by atoms with E-state index in [9.17, 15) is 4.79 Å². The van der Waals surface area contributed by atoms with Crippen molar-refractivity contribution in [2.24, 2.45) is 34.6 Å². The van der Waals surface area contributed by atoms with Crippen molar-refractivity contribution < 1.29 is 4.79 Å². The highest BCUT2D eigenvalue weighted by Crippen LogP contribution is 2.55. The van der Waals surface area contributed by atoms with Gasteiger partial charge in [-0.1, -0.05) is 58.0 Å². The highest BCUT2D eigenvalue weighted by atomic mass is 16.2. The number of amides is 1. The third kappa shape index (κ3) is 3.30. The molecule has 1 saturated heterocycles. The van der Waals surface area contributed by atoms with E-state index in [1.54, 1.807) is 0 Å². The minimum atomic E-state index is -0.585. The van der Waals surface area contributed by atoms with Gasteiger partial charge in [0.1, 0.15) is 0 Å². The Balaban J connectivity index is 1.67. The fourth-order valence-corrected chi connectivity index (χ4v) is 5.86. The van der Waals surface area contributed by atoms with Crippen LogP contribution in [0.2, 0.25) is 0 Å². The van der Waals surface area contributed by atoms with Crippen molar-refractivity contribution in [3.63, 3.8) is 0 Å². The minimum absolute atomic E-state index is 0.162. The molecule has 1 aliphatic carbocycles. The monoisotopic (exact) mass is 381 g/mol. The van der Waals surface area contributed by atoms with Gasteiger partial charge in [0, 0.05) is 37.8 Å². The molecule has 5 atom stereocenters. The number of carbonyl (C=O) groups is 1. The topological polar surface area (TPSA) is 44.7 Å². The number of hydrogen-bond acceptors (Lipinski definition) is 3. The van der Waals surface area contributed by atoms with E-state index in [4.69, 9.17) is 4.99 Å². The van der Waals surface area contributed by atoms with E-state index in [2.05, 4.69) is 74.5 Å². The van der Waals surface area contributed by atoms with Crippen molar-refractivity contribution in [3.05, 3.63) is 35.9 Å². The summed E-state index contributed by atoms with van der Waals surface area (Å²) in [4.78, 5) is 21.1. The fraction of sp³-hybridized carbons (Fsp3) is 0.667. The van der Waals surface area contributed by atoms with Crippen LogP contribution in [0, 0.1) is 29.6 Å². The smallest absolute Gasteiger partial charge is 0.249 e. The second-order valence-corrected chi connectivity index (χ2v) is 9.96. The largest absolute Gasteiger partial charge is 0.354 e. The molecule has 1 aromatic carbocycles. The first-order valence-corrected chi connectivity index (χ1v) is 11.0. The molecule has 4 bridgehead atoms. The second kappa shape index (κ2) is 7.62. The van der Waals surface area contributed by atoms with Crippen molar-refractivity contribution in [2.75, 3.05) is 13.1 Å². The van der Waals surface area contributed by atoms with Crippen LogP contribution < -0.4 is 5.32 Å². The SMILES string of the molecule is CC(C)CNC(=O)[C@]12N=C[C@@H]3C[C@H]1CN(Cc1ccccc1)[C@H]2[C@@H]3CC(C)C. The van der Waals surface area contributed by atoms with Gasteiger partial charge >= 0.3 is 0 Å². The van der Waals surface area contributed by atoms with E-state index < -0.39 is 5.54 Å². The van der Waals surface area contributed by atoms with Crippen LogP contribution in [0.3, 0.4) is 0 Å². The van der Waals surface area contributed by atoms with Crippen molar-refractivity contribution >= 4 is 12.1 Å². The molecule has 4 heteroatoms. The molecular weight excluding hydrogens is 346 g/mol. The third-order valence-corrected chi connectivity index (χ3v) is 6.92. The molecule has 5 rings (SSSR count). The average molecular weight is 382 g/mol. The van der Waals surface area contributed by atoms with E-state index in [0.717, 1.165) is 26.1 Å². The van der Waals surface area contributed by atoms with Crippen LogP contribution in [0.4, 0.5) is 0 Å². The summed E-state index contributed by atoms with van der Waals surface area (Å²) < 4.78 is 0. The predicted octanol–water partition coefficient (Wildman–Crippen LogP) is 3.76. The Hall–Kier alpha value is -1.68. The van der Waals surface area contributed by atoms with Gasteiger partial charge in [-0.15, -0.1) is 0 Å². The number of hydrogen-bond donors (Lipinski definition) is 1. The molecule has 3 heterocycles. The lowest BCUT2D eigenvalue weighted by molar-refractivity contribution is -0.132. The number of rotatable bonds is 7. The van der Waals surface area contributed by atoms with Crippen LogP contribution in [0.1, 0.15) is 46.1 Å². The molecular formula is C24H35N3O. The Morgan fingerprint density at radius 3 is 2.64 bits per heavy atom. The zero-order valence-corrected chi connectivity index (χ0v) is 17.8. The molecule has 1 amide bonds. The molecule has 0 spiro atoms. The average Bonchev–Trinajstić information content (AvgIpc) is 2.92. The zero-order chi connectivity index (χ0) is 19.9. The number of nitrogens with one attached hydrogen (secondary N) is 1. The van der Waals surface area contributed by atoms with Gasteiger partial charge in [0.15, 0.2) is 5.54 Å². The molecule has 28 heavy (non-hydrogen) atoms. The van der Waals surface area contributed by atoms with Crippen LogP contribution in [0.25, 0.3) is 0 Å². The van der Waals surface area contributed by atoms with Gasteiger partial charge in [0.05, 0.1) is 0 Å². The molecule has 1 aromatic rings. The van der Waals surface area contributed by atoms with E-state index in [-0.39, 0.29) is 11.9 Å². The molecule has 0 radical (unpaired) electrons. The summed E-state index contributed by atoms with van der Waals surface area (Å²) in [6.07, 6.45) is 4.41. The first kappa shape index (κ1) is 19.6. The number of benzene rings is 1. The molecule has 4 aliphatic rings. The Bertz CT molecular complexity index is 729. The summed E-state index contributed by atoms with van der Waals surface area (Å²) >= 11 is 0. The highest BCUT2D eigenvalue weighted by Gasteiger charge is 2.67. The highest BCUT2D eigenvalue weighted by molar-refractivity contribution is 5.92. The number of carbonyl (C=O) groups excluding carboxylic acids is 1. The standard InChI is InChI=1S/C24H35N3O/c1-16(2)10-21-19-11-20-15-27(14-18-8-6-5-7-9-18)22(21)24(20,26-13-19)23(28)25-12-17(3)4/h5-9,13,16-17,19-22H,10-12,14-15H2,1-4H3,(H,25,28)/t19-,20-,21+,22-,24-/m0/s1. The summed E-state index contributed by atoms with van der Waals surface area (Å²) in [5.41, 5.74) is 0.744. The molecule has 1 N–H and O–H groups in total. The summed E-state index contributed by atoms with van der Waals surface area (Å²) in [7, 11) is 0. The van der Waals surface area contributed by atoms with E-state index in [0.29, 0.717) is 29.6 Å². The fourth-order valence-electron chi connectivity index (χ4n) is 5.86. The lowest BCUT2D eigenvalue weighted by Crippen LogP contribution is -2.66. The van der Waals surface area contributed by atoms with E-state index >= 15 is 0 Å². The number of nitrogens with zero attached hydrogens (tertiary/aromatic N) is 2.